The van der Waals surface area contributed by atoms with E-state index in [0.29, 0.717) is 12.1 Å². The molecule has 2 aromatic carbocycles. The van der Waals surface area contributed by atoms with Crippen LogP contribution in [0, 0.1) is 0 Å². The molecule has 1 aliphatic heterocycles. The maximum Gasteiger partial charge on any atom is 0.236 e. The minimum atomic E-state index is -3.46. The van der Waals surface area contributed by atoms with Crippen LogP contribution in [0.3, 0.4) is 0 Å². The number of anilines is 2. The summed E-state index contributed by atoms with van der Waals surface area (Å²) in [5, 5.41) is 0. The van der Waals surface area contributed by atoms with Crippen molar-refractivity contribution in [2.75, 3.05) is 16.2 Å². The number of benzene rings is 2. The summed E-state index contributed by atoms with van der Waals surface area (Å²) in [6.45, 7) is 0.720. The molecule has 0 aliphatic carbocycles. The number of nitrogens with one attached hydrogen (secondary N) is 1. The first-order valence-electron chi connectivity index (χ1n) is 7.48. The molecule has 0 saturated carbocycles. The molecule has 1 fully saturated rings. The Bertz CT molecular complexity index is 786. The topological polar surface area (TPSA) is 66.5 Å². The van der Waals surface area contributed by atoms with E-state index in [1.807, 2.05) is 18.2 Å². The van der Waals surface area contributed by atoms with Gasteiger partial charge in [-0.3, -0.25) is 9.52 Å². The van der Waals surface area contributed by atoms with E-state index in [9.17, 15) is 13.2 Å². The molecule has 0 aromatic heterocycles. The van der Waals surface area contributed by atoms with Gasteiger partial charge in [0.1, 0.15) is 0 Å². The summed E-state index contributed by atoms with van der Waals surface area (Å²) >= 11 is 0. The highest BCUT2D eigenvalue weighted by atomic mass is 32.2. The average Bonchev–Trinajstić information content (AvgIpc) is 2.94. The van der Waals surface area contributed by atoms with Crippen LogP contribution in [0.5, 0.6) is 0 Å². The fourth-order valence-electron chi connectivity index (χ4n) is 2.64. The van der Waals surface area contributed by atoms with E-state index < -0.39 is 10.0 Å². The van der Waals surface area contributed by atoms with E-state index >= 15 is 0 Å². The normalized spacial score (nSPS) is 15.0. The average molecular weight is 330 g/mol. The van der Waals surface area contributed by atoms with Gasteiger partial charge in [-0.25, -0.2) is 8.42 Å². The van der Waals surface area contributed by atoms with Crippen LogP contribution in [-0.2, 0) is 20.6 Å². The Morgan fingerprint density at radius 3 is 2.30 bits per heavy atom. The zero-order valence-electron chi connectivity index (χ0n) is 12.6. The van der Waals surface area contributed by atoms with Crippen LogP contribution in [0.4, 0.5) is 11.4 Å². The molecule has 3 rings (SSSR count). The molecule has 120 valence electrons. The van der Waals surface area contributed by atoms with E-state index in [2.05, 4.69) is 4.72 Å². The maximum absolute atomic E-state index is 12.2. The molecular weight excluding hydrogens is 312 g/mol. The highest BCUT2D eigenvalue weighted by Gasteiger charge is 2.21. The first-order valence-corrected chi connectivity index (χ1v) is 9.14. The van der Waals surface area contributed by atoms with Crippen LogP contribution in [0.25, 0.3) is 0 Å². The van der Waals surface area contributed by atoms with Crippen molar-refractivity contribution in [2.45, 2.75) is 18.6 Å². The van der Waals surface area contributed by atoms with Crippen molar-refractivity contribution >= 4 is 27.3 Å². The highest BCUT2D eigenvalue weighted by molar-refractivity contribution is 7.91. The zero-order chi connectivity index (χ0) is 16.3. The van der Waals surface area contributed by atoms with Crippen LogP contribution < -0.4 is 9.62 Å². The lowest BCUT2D eigenvalue weighted by molar-refractivity contribution is -0.117. The monoisotopic (exact) mass is 330 g/mol. The van der Waals surface area contributed by atoms with Gasteiger partial charge in [0.05, 0.1) is 5.75 Å². The number of amides is 1. The van der Waals surface area contributed by atoms with Gasteiger partial charge < -0.3 is 4.90 Å². The smallest absolute Gasteiger partial charge is 0.236 e. The van der Waals surface area contributed by atoms with Crippen molar-refractivity contribution in [3.8, 4) is 0 Å². The Morgan fingerprint density at radius 1 is 1.00 bits per heavy atom. The predicted molar refractivity (Wildman–Crippen MR) is 90.7 cm³/mol. The second-order valence-electron chi connectivity index (χ2n) is 5.54. The highest BCUT2D eigenvalue weighted by Crippen LogP contribution is 2.23. The molecule has 1 heterocycles. The molecule has 5 nitrogen and oxygen atoms in total. The number of hydrogen-bond donors (Lipinski definition) is 1. The lowest BCUT2D eigenvalue weighted by Crippen LogP contribution is -2.23. The van der Waals surface area contributed by atoms with E-state index in [1.54, 1.807) is 41.3 Å². The van der Waals surface area contributed by atoms with E-state index in [4.69, 9.17) is 0 Å². The standard InChI is InChI=1S/C17H18N2O3S/c20-17-7-4-12-19(17)16-10-8-15(9-11-16)18-23(21,22)13-14-5-2-1-3-6-14/h1-3,5-6,8-11,18H,4,7,12-13H2. The molecule has 0 spiro atoms. The molecule has 0 atom stereocenters. The lowest BCUT2D eigenvalue weighted by Gasteiger charge is -2.16. The molecule has 0 unspecified atom stereocenters. The van der Waals surface area contributed by atoms with Gasteiger partial charge in [-0.1, -0.05) is 30.3 Å². The summed E-state index contributed by atoms with van der Waals surface area (Å²) in [5.74, 6) is 0.0441. The number of rotatable bonds is 5. The Labute approximate surface area is 136 Å². The second-order valence-corrected chi connectivity index (χ2v) is 7.26. The van der Waals surface area contributed by atoms with Gasteiger partial charge in [-0.2, -0.15) is 0 Å². The summed E-state index contributed by atoms with van der Waals surface area (Å²) in [4.78, 5) is 13.4. The van der Waals surface area contributed by atoms with Crippen LogP contribution in [0.1, 0.15) is 18.4 Å². The minimum Gasteiger partial charge on any atom is -0.312 e. The number of hydrogen-bond acceptors (Lipinski definition) is 3. The first-order chi connectivity index (χ1) is 11.0. The number of nitrogens with zero attached hydrogens (tertiary/aromatic N) is 1. The molecular formula is C17H18N2O3S. The SMILES string of the molecule is O=C1CCCN1c1ccc(NS(=O)(=O)Cc2ccccc2)cc1. The fraction of sp³-hybridized carbons (Fsp3) is 0.235. The van der Waals surface area contributed by atoms with E-state index in [1.165, 1.54) is 0 Å². The van der Waals surface area contributed by atoms with Gasteiger partial charge in [-0.05, 0) is 36.2 Å². The second kappa shape index (κ2) is 6.42. The molecule has 23 heavy (non-hydrogen) atoms. The van der Waals surface area contributed by atoms with Crippen LogP contribution in [0.15, 0.2) is 54.6 Å². The predicted octanol–water partition coefficient (Wildman–Crippen LogP) is 2.76. The Kier molecular flexibility index (Phi) is 4.34. The van der Waals surface area contributed by atoms with Crippen molar-refractivity contribution in [2.24, 2.45) is 0 Å². The number of sulfonamides is 1. The summed E-state index contributed by atoms with van der Waals surface area (Å²) < 4.78 is 26.9. The molecule has 0 radical (unpaired) electrons. The molecule has 1 saturated heterocycles. The quantitative estimate of drug-likeness (QED) is 0.917. The largest absolute Gasteiger partial charge is 0.312 e. The maximum atomic E-state index is 12.2. The van der Waals surface area contributed by atoms with Crippen molar-refractivity contribution in [1.29, 1.82) is 0 Å². The third-order valence-corrected chi connectivity index (χ3v) is 4.99. The minimum absolute atomic E-state index is 0.0692. The Balaban J connectivity index is 1.69. The van der Waals surface area contributed by atoms with Gasteiger partial charge >= 0.3 is 0 Å². The summed E-state index contributed by atoms with van der Waals surface area (Å²) in [6, 6.07) is 15.9. The summed E-state index contributed by atoms with van der Waals surface area (Å²) in [5.41, 5.74) is 2.04. The van der Waals surface area contributed by atoms with Crippen LogP contribution in [-0.4, -0.2) is 20.9 Å². The number of carbonyl (C=O) groups excluding carboxylic acids is 1. The Morgan fingerprint density at radius 2 is 1.70 bits per heavy atom. The Hall–Kier alpha value is -2.34. The summed E-state index contributed by atoms with van der Waals surface area (Å²) in [7, 11) is -3.46. The van der Waals surface area contributed by atoms with Crippen molar-refractivity contribution in [3.05, 3.63) is 60.2 Å². The first kappa shape index (κ1) is 15.6. The van der Waals surface area contributed by atoms with Gasteiger partial charge in [-0.15, -0.1) is 0 Å². The van der Waals surface area contributed by atoms with E-state index in [0.717, 1.165) is 24.2 Å². The number of carbonyl (C=O) groups is 1. The van der Waals surface area contributed by atoms with Gasteiger partial charge in [0.15, 0.2) is 0 Å². The van der Waals surface area contributed by atoms with Crippen LogP contribution >= 0.6 is 0 Å². The third-order valence-electron chi connectivity index (χ3n) is 3.73. The molecule has 1 aliphatic rings. The van der Waals surface area contributed by atoms with Gasteiger partial charge in [0.2, 0.25) is 15.9 Å². The lowest BCUT2D eigenvalue weighted by atomic mass is 10.2. The zero-order valence-corrected chi connectivity index (χ0v) is 13.4. The van der Waals surface area contributed by atoms with E-state index in [-0.39, 0.29) is 11.7 Å². The molecule has 2 aromatic rings. The summed E-state index contributed by atoms with van der Waals surface area (Å²) in [6.07, 6.45) is 1.44. The molecule has 6 heteroatoms. The van der Waals surface area contributed by atoms with Gasteiger partial charge in [0.25, 0.3) is 0 Å². The van der Waals surface area contributed by atoms with Gasteiger partial charge in [0, 0.05) is 24.3 Å². The van der Waals surface area contributed by atoms with Crippen molar-refractivity contribution < 1.29 is 13.2 Å². The van der Waals surface area contributed by atoms with Crippen molar-refractivity contribution in [1.82, 2.24) is 0 Å². The molecule has 1 N–H and O–H groups in total. The molecule has 0 bridgehead atoms. The fourth-order valence-corrected chi connectivity index (χ4v) is 3.84. The third kappa shape index (κ3) is 3.90. The van der Waals surface area contributed by atoms with Crippen molar-refractivity contribution in [3.63, 3.8) is 0 Å². The molecule has 1 amide bonds. The van der Waals surface area contributed by atoms with Crippen LogP contribution in [0.2, 0.25) is 0 Å².